The molecule has 3 N–H and O–H groups in total. The fourth-order valence-corrected chi connectivity index (χ4v) is 5.16. The number of hydrogen-bond donors (Lipinski definition) is 2. The number of fused-ring (bicyclic) bond motifs is 1. The van der Waals surface area contributed by atoms with Crippen LogP contribution in [-0.4, -0.2) is 23.3 Å². The molecule has 7 nitrogen and oxygen atoms in total. The minimum absolute atomic E-state index is 0.0386. The van der Waals surface area contributed by atoms with Gasteiger partial charge in [-0.15, -0.1) is 0 Å². The number of amides is 1. The first kappa shape index (κ1) is 20.3. The molecule has 32 heavy (non-hydrogen) atoms. The number of anilines is 2. The van der Waals surface area contributed by atoms with E-state index in [2.05, 4.69) is 10.3 Å². The van der Waals surface area contributed by atoms with Gasteiger partial charge in [-0.3, -0.25) is 4.79 Å². The van der Waals surface area contributed by atoms with E-state index >= 15 is 0 Å². The largest absolute Gasteiger partial charge is 0.397 e. The molecule has 2 heterocycles. The highest BCUT2D eigenvalue weighted by atomic mass is 32.2. The van der Waals surface area contributed by atoms with Gasteiger partial charge in [0, 0.05) is 29.3 Å². The predicted octanol–water partition coefficient (Wildman–Crippen LogP) is 4.18. The topological polar surface area (TPSA) is 107 Å². The van der Waals surface area contributed by atoms with E-state index in [0.717, 1.165) is 24.0 Å². The van der Waals surface area contributed by atoms with Gasteiger partial charge in [0.1, 0.15) is 5.82 Å². The van der Waals surface area contributed by atoms with Gasteiger partial charge in [0.25, 0.3) is 10.0 Å². The Kier molecular flexibility index (Phi) is 4.74. The number of rotatable bonds is 5. The molecule has 1 aliphatic carbocycles. The minimum atomic E-state index is -3.87. The molecule has 0 radical (unpaired) electrons. The van der Waals surface area contributed by atoms with E-state index in [9.17, 15) is 13.2 Å². The first-order valence-electron chi connectivity index (χ1n) is 10.3. The summed E-state index contributed by atoms with van der Waals surface area (Å²) < 4.78 is 28.2. The van der Waals surface area contributed by atoms with E-state index < -0.39 is 10.0 Å². The highest BCUT2D eigenvalue weighted by Gasteiger charge is 2.30. The van der Waals surface area contributed by atoms with Crippen LogP contribution in [0.25, 0.3) is 22.0 Å². The third kappa shape index (κ3) is 3.52. The van der Waals surface area contributed by atoms with E-state index in [-0.39, 0.29) is 16.7 Å². The van der Waals surface area contributed by atoms with Crippen LogP contribution < -0.4 is 11.1 Å². The summed E-state index contributed by atoms with van der Waals surface area (Å²) >= 11 is 0. The Morgan fingerprint density at radius 1 is 1.12 bits per heavy atom. The van der Waals surface area contributed by atoms with Crippen molar-refractivity contribution in [1.82, 2.24) is 8.96 Å². The third-order valence-electron chi connectivity index (χ3n) is 5.67. The number of pyridine rings is 1. The van der Waals surface area contributed by atoms with E-state index in [1.165, 1.54) is 3.97 Å². The van der Waals surface area contributed by atoms with Crippen molar-refractivity contribution in [2.24, 2.45) is 5.92 Å². The maximum Gasteiger partial charge on any atom is 0.268 e. The van der Waals surface area contributed by atoms with Gasteiger partial charge in [0.15, 0.2) is 0 Å². The molecule has 0 unspecified atom stereocenters. The first-order valence-corrected chi connectivity index (χ1v) is 11.8. The Morgan fingerprint density at radius 3 is 2.59 bits per heavy atom. The van der Waals surface area contributed by atoms with Crippen molar-refractivity contribution in [3.8, 4) is 11.1 Å². The lowest BCUT2D eigenvalue weighted by atomic mass is 10.1. The van der Waals surface area contributed by atoms with Gasteiger partial charge < -0.3 is 11.1 Å². The molecule has 0 bridgehead atoms. The summed E-state index contributed by atoms with van der Waals surface area (Å²) in [6.07, 6.45) is 4.98. The standard InChI is InChI=1S/C24H22N4O3S/c1-15-5-9-18(10-6-15)32(30,31)28-14-20(19-3-2-4-21(25)23(19)28)17-11-12-26-22(13-17)27-24(29)16-7-8-16/h2-6,9-14,16H,7-8,25H2,1H3,(H,26,27,29). The van der Waals surface area contributed by atoms with E-state index in [0.29, 0.717) is 28.0 Å². The zero-order valence-corrected chi connectivity index (χ0v) is 18.3. The highest BCUT2D eigenvalue weighted by Crippen LogP contribution is 2.36. The molecular weight excluding hydrogens is 424 g/mol. The van der Waals surface area contributed by atoms with Gasteiger partial charge in [-0.2, -0.15) is 0 Å². The van der Waals surface area contributed by atoms with Crippen molar-refractivity contribution in [3.63, 3.8) is 0 Å². The lowest BCUT2D eigenvalue weighted by Crippen LogP contribution is -2.14. The van der Waals surface area contributed by atoms with Gasteiger partial charge in [0.2, 0.25) is 5.91 Å². The second kappa shape index (κ2) is 7.49. The molecule has 1 aliphatic rings. The molecular formula is C24H22N4O3S. The van der Waals surface area contributed by atoms with Gasteiger partial charge in [-0.05, 0) is 55.7 Å². The summed E-state index contributed by atoms with van der Waals surface area (Å²) in [7, 11) is -3.87. The van der Waals surface area contributed by atoms with Crippen LogP contribution >= 0.6 is 0 Å². The monoisotopic (exact) mass is 446 g/mol. The van der Waals surface area contributed by atoms with Crippen LogP contribution in [0, 0.1) is 12.8 Å². The number of aromatic nitrogens is 2. The zero-order valence-electron chi connectivity index (χ0n) is 17.4. The van der Waals surface area contributed by atoms with Gasteiger partial charge in [-0.25, -0.2) is 17.4 Å². The Balaban J connectivity index is 1.65. The molecule has 162 valence electrons. The third-order valence-corrected chi connectivity index (χ3v) is 7.35. The number of carbonyl (C=O) groups is 1. The molecule has 4 aromatic rings. The van der Waals surface area contributed by atoms with Crippen molar-refractivity contribution in [2.75, 3.05) is 11.1 Å². The molecule has 0 saturated heterocycles. The summed E-state index contributed by atoms with van der Waals surface area (Å²) in [5.74, 6) is 0.454. The molecule has 1 fully saturated rings. The lowest BCUT2D eigenvalue weighted by Gasteiger charge is -2.09. The summed E-state index contributed by atoms with van der Waals surface area (Å²) in [6, 6.07) is 15.6. The molecule has 2 aromatic heterocycles. The Bertz CT molecular complexity index is 1450. The SMILES string of the molecule is Cc1ccc(S(=O)(=O)n2cc(-c3ccnc(NC(=O)C4CC4)c3)c3cccc(N)c32)cc1. The van der Waals surface area contributed by atoms with Crippen LogP contribution in [0.5, 0.6) is 0 Å². The Labute approximate surface area is 185 Å². The normalized spacial score (nSPS) is 13.9. The molecule has 1 amide bonds. The zero-order chi connectivity index (χ0) is 22.5. The number of nitrogens with zero attached hydrogens (tertiary/aromatic N) is 2. The number of hydrogen-bond acceptors (Lipinski definition) is 5. The highest BCUT2D eigenvalue weighted by molar-refractivity contribution is 7.90. The van der Waals surface area contributed by atoms with E-state index in [1.54, 1.807) is 60.9 Å². The average Bonchev–Trinajstić information content (AvgIpc) is 3.54. The van der Waals surface area contributed by atoms with Crippen molar-refractivity contribution in [1.29, 1.82) is 0 Å². The van der Waals surface area contributed by atoms with Gasteiger partial charge >= 0.3 is 0 Å². The smallest absolute Gasteiger partial charge is 0.268 e. The number of para-hydroxylation sites is 1. The molecule has 0 aliphatic heterocycles. The van der Waals surface area contributed by atoms with Crippen molar-refractivity contribution in [3.05, 3.63) is 72.6 Å². The maximum atomic E-state index is 13.5. The van der Waals surface area contributed by atoms with E-state index in [1.807, 2.05) is 13.0 Å². The Morgan fingerprint density at radius 2 is 1.88 bits per heavy atom. The Hall–Kier alpha value is -3.65. The molecule has 1 saturated carbocycles. The lowest BCUT2D eigenvalue weighted by molar-refractivity contribution is -0.117. The number of nitrogens with two attached hydrogens (primary N) is 1. The molecule has 2 aromatic carbocycles. The average molecular weight is 447 g/mol. The van der Waals surface area contributed by atoms with Crippen molar-refractivity contribution < 1.29 is 13.2 Å². The maximum absolute atomic E-state index is 13.5. The summed E-state index contributed by atoms with van der Waals surface area (Å²) in [4.78, 5) is 16.6. The van der Waals surface area contributed by atoms with Crippen LogP contribution in [0.1, 0.15) is 18.4 Å². The number of nitrogen functional groups attached to an aromatic ring is 1. The van der Waals surface area contributed by atoms with Crippen molar-refractivity contribution >= 4 is 38.3 Å². The van der Waals surface area contributed by atoms with Crippen LogP contribution in [0.2, 0.25) is 0 Å². The fraction of sp³-hybridized carbons (Fsp3) is 0.167. The number of aryl methyl sites for hydroxylation is 1. The molecule has 5 rings (SSSR count). The first-order chi connectivity index (χ1) is 15.3. The summed E-state index contributed by atoms with van der Waals surface area (Å²) in [6.45, 7) is 1.90. The predicted molar refractivity (Wildman–Crippen MR) is 125 cm³/mol. The van der Waals surface area contributed by atoms with Crippen LogP contribution in [0.3, 0.4) is 0 Å². The van der Waals surface area contributed by atoms with Gasteiger partial charge in [-0.1, -0.05) is 29.8 Å². The van der Waals surface area contributed by atoms with Crippen LogP contribution in [0.15, 0.2) is 71.9 Å². The van der Waals surface area contributed by atoms with Crippen molar-refractivity contribution in [2.45, 2.75) is 24.7 Å². The second-order valence-corrected chi connectivity index (χ2v) is 9.91. The number of nitrogens with one attached hydrogen (secondary N) is 1. The molecule has 0 atom stereocenters. The number of carbonyl (C=O) groups excluding carboxylic acids is 1. The molecule has 0 spiro atoms. The quantitative estimate of drug-likeness (QED) is 0.447. The van der Waals surface area contributed by atoms with Gasteiger partial charge in [0.05, 0.1) is 16.1 Å². The molecule has 8 heteroatoms. The minimum Gasteiger partial charge on any atom is -0.397 e. The summed E-state index contributed by atoms with van der Waals surface area (Å²) in [5, 5.41) is 3.54. The second-order valence-electron chi connectivity index (χ2n) is 8.09. The van der Waals surface area contributed by atoms with Crippen LogP contribution in [-0.2, 0) is 14.8 Å². The number of benzene rings is 2. The van der Waals surface area contributed by atoms with E-state index in [4.69, 9.17) is 5.73 Å². The fourth-order valence-electron chi connectivity index (χ4n) is 3.76. The van der Waals surface area contributed by atoms with Crippen LogP contribution in [0.4, 0.5) is 11.5 Å². The summed E-state index contributed by atoms with van der Waals surface area (Å²) in [5.41, 5.74) is 9.40.